The third-order valence-electron chi connectivity index (χ3n) is 5.34. The number of ether oxygens (including phenoxy) is 1. The predicted octanol–water partition coefficient (Wildman–Crippen LogP) is 4.21. The number of anilines is 1. The van der Waals surface area contributed by atoms with E-state index in [-0.39, 0.29) is 16.6 Å². The summed E-state index contributed by atoms with van der Waals surface area (Å²) in [6.45, 7) is 13.4. The average Bonchev–Trinajstić information content (AvgIpc) is 2.79. The molecule has 8 heteroatoms. The molecule has 0 heterocycles. The maximum absolute atomic E-state index is 13.1. The zero-order chi connectivity index (χ0) is 23.7. The first-order valence-corrected chi connectivity index (χ1v) is 12.6. The Morgan fingerprint density at radius 2 is 1.53 bits per heavy atom. The third kappa shape index (κ3) is 6.31. The highest BCUT2D eigenvalue weighted by atomic mass is 32.2. The standard InChI is InChI=1S/C24H35N3O4S/c1-6-26(7-2)18-19-11-13-20(14-12-19)24(28)25-21-15-16-22(31-10-5)23(17-21)32(29,30)27(8-3)9-4/h11-17H,6-10,18H2,1-5H3,(H,25,28). The molecule has 0 saturated heterocycles. The van der Waals surface area contributed by atoms with Crippen LogP contribution in [-0.2, 0) is 16.6 Å². The highest BCUT2D eigenvalue weighted by Crippen LogP contribution is 2.30. The Hall–Kier alpha value is -2.42. The molecule has 1 N–H and O–H groups in total. The second kappa shape index (κ2) is 12.0. The number of nitrogens with one attached hydrogen (secondary N) is 1. The molecular weight excluding hydrogens is 426 g/mol. The van der Waals surface area contributed by atoms with Gasteiger partial charge in [0.05, 0.1) is 6.61 Å². The smallest absolute Gasteiger partial charge is 0.255 e. The number of benzene rings is 2. The van der Waals surface area contributed by atoms with Gasteiger partial charge < -0.3 is 10.1 Å². The fourth-order valence-electron chi connectivity index (χ4n) is 3.43. The van der Waals surface area contributed by atoms with E-state index >= 15 is 0 Å². The predicted molar refractivity (Wildman–Crippen MR) is 129 cm³/mol. The SMILES string of the molecule is CCOc1ccc(NC(=O)c2ccc(CN(CC)CC)cc2)cc1S(=O)(=O)N(CC)CC. The van der Waals surface area contributed by atoms with Crippen molar-refractivity contribution in [2.24, 2.45) is 0 Å². The molecule has 0 aliphatic heterocycles. The Labute approximate surface area is 192 Å². The van der Waals surface area contributed by atoms with E-state index in [1.807, 2.05) is 12.1 Å². The van der Waals surface area contributed by atoms with Crippen molar-refractivity contribution in [2.75, 3.05) is 38.1 Å². The Morgan fingerprint density at radius 3 is 2.06 bits per heavy atom. The normalized spacial score (nSPS) is 11.7. The van der Waals surface area contributed by atoms with Crippen molar-refractivity contribution in [2.45, 2.75) is 46.1 Å². The van der Waals surface area contributed by atoms with E-state index in [2.05, 4.69) is 24.1 Å². The Balaban J connectivity index is 2.26. The quantitative estimate of drug-likeness (QED) is 0.512. The summed E-state index contributed by atoms with van der Waals surface area (Å²) >= 11 is 0. The minimum Gasteiger partial charge on any atom is -0.492 e. The van der Waals surface area contributed by atoms with Crippen molar-refractivity contribution in [1.29, 1.82) is 0 Å². The molecule has 176 valence electrons. The summed E-state index contributed by atoms with van der Waals surface area (Å²) in [5.41, 5.74) is 2.05. The van der Waals surface area contributed by atoms with Gasteiger partial charge in [-0.2, -0.15) is 4.31 Å². The topological polar surface area (TPSA) is 79.0 Å². The minimum absolute atomic E-state index is 0.0513. The summed E-state index contributed by atoms with van der Waals surface area (Å²) in [7, 11) is -3.75. The summed E-state index contributed by atoms with van der Waals surface area (Å²) < 4.78 is 33.1. The number of rotatable bonds is 12. The highest BCUT2D eigenvalue weighted by molar-refractivity contribution is 7.89. The van der Waals surface area contributed by atoms with Crippen LogP contribution in [0.4, 0.5) is 5.69 Å². The molecule has 0 saturated carbocycles. The van der Waals surface area contributed by atoms with Crippen LogP contribution in [0.15, 0.2) is 47.4 Å². The molecule has 2 rings (SSSR count). The van der Waals surface area contributed by atoms with Crippen LogP contribution in [0.1, 0.15) is 50.5 Å². The average molecular weight is 462 g/mol. The second-order valence-electron chi connectivity index (χ2n) is 7.30. The van der Waals surface area contributed by atoms with E-state index in [1.54, 1.807) is 45.0 Å². The highest BCUT2D eigenvalue weighted by Gasteiger charge is 2.26. The number of hydrogen-bond acceptors (Lipinski definition) is 5. The second-order valence-corrected chi connectivity index (χ2v) is 9.20. The zero-order valence-corrected chi connectivity index (χ0v) is 20.5. The lowest BCUT2D eigenvalue weighted by atomic mass is 10.1. The number of sulfonamides is 1. The van der Waals surface area contributed by atoms with Gasteiger partial charge in [-0.25, -0.2) is 8.42 Å². The zero-order valence-electron chi connectivity index (χ0n) is 19.7. The van der Waals surface area contributed by atoms with Crippen LogP contribution in [0.5, 0.6) is 5.75 Å². The van der Waals surface area contributed by atoms with E-state index in [0.29, 0.717) is 30.9 Å². The molecule has 0 aliphatic carbocycles. The Morgan fingerprint density at radius 1 is 0.906 bits per heavy atom. The Kier molecular flexibility index (Phi) is 9.68. The molecular formula is C24H35N3O4S. The van der Waals surface area contributed by atoms with Gasteiger partial charge in [-0.15, -0.1) is 0 Å². The van der Waals surface area contributed by atoms with Crippen molar-refractivity contribution in [3.8, 4) is 5.75 Å². The van der Waals surface area contributed by atoms with E-state index in [1.165, 1.54) is 10.4 Å². The molecule has 7 nitrogen and oxygen atoms in total. The van der Waals surface area contributed by atoms with Gasteiger partial charge in [-0.3, -0.25) is 9.69 Å². The lowest BCUT2D eigenvalue weighted by molar-refractivity contribution is 0.102. The van der Waals surface area contributed by atoms with Gasteiger partial charge in [0.2, 0.25) is 10.0 Å². The maximum atomic E-state index is 13.1. The first kappa shape index (κ1) is 25.8. The van der Waals surface area contributed by atoms with E-state index < -0.39 is 10.0 Å². The van der Waals surface area contributed by atoms with Gasteiger partial charge in [0.1, 0.15) is 10.6 Å². The molecule has 0 aromatic heterocycles. The Bertz CT molecular complexity index is 983. The minimum atomic E-state index is -3.75. The summed E-state index contributed by atoms with van der Waals surface area (Å²) in [4.78, 5) is 15.1. The van der Waals surface area contributed by atoms with Gasteiger partial charge in [-0.1, -0.05) is 39.8 Å². The number of nitrogens with zero attached hydrogens (tertiary/aromatic N) is 2. The molecule has 0 unspecified atom stereocenters. The first-order valence-electron chi connectivity index (χ1n) is 11.2. The van der Waals surface area contributed by atoms with Crippen LogP contribution < -0.4 is 10.1 Å². The van der Waals surface area contributed by atoms with Gasteiger partial charge in [0.25, 0.3) is 5.91 Å². The summed E-state index contributed by atoms with van der Waals surface area (Å²) in [6.07, 6.45) is 0. The van der Waals surface area contributed by atoms with Crippen LogP contribution in [-0.4, -0.2) is 56.3 Å². The maximum Gasteiger partial charge on any atom is 0.255 e. The molecule has 2 aromatic carbocycles. The first-order chi connectivity index (χ1) is 15.3. The van der Waals surface area contributed by atoms with Crippen molar-refractivity contribution in [3.63, 3.8) is 0 Å². The summed E-state index contributed by atoms with van der Waals surface area (Å²) in [5.74, 6) is -0.0205. The van der Waals surface area contributed by atoms with Crippen LogP contribution in [0.2, 0.25) is 0 Å². The van der Waals surface area contributed by atoms with E-state index in [9.17, 15) is 13.2 Å². The van der Waals surface area contributed by atoms with Crippen LogP contribution in [0, 0.1) is 0 Å². The fraction of sp³-hybridized carbons (Fsp3) is 0.458. The molecule has 0 fully saturated rings. The lowest BCUT2D eigenvalue weighted by Crippen LogP contribution is -2.31. The molecule has 0 aliphatic rings. The number of carbonyl (C=O) groups excluding carboxylic acids is 1. The molecule has 0 bridgehead atoms. The lowest BCUT2D eigenvalue weighted by Gasteiger charge is -2.21. The largest absolute Gasteiger partial charge is 0.492 e. The van der Waals surface area contributed by atoms with Gasteiger partial charge >= 0.3 is 0 Å². The molecule has 0 spiro atoms. The fourth-order valence-corrected chi connectivity index (χ4v) is 5.05. The van der Waals surface area contributed by atoms with Crippen molar-refractivity contribution < 1.29 is 17.9 Å². The molecule has 2 aromatic rings. The number of hydrogen-bond donors (Lipinski definition) is 1. The molecule has 32 heavy (non-hydrogen) atoms. The van der Waals surface area contributed by atoms with Crippen LogP contribution in [0.3, 0.4) is 0 Å². The van der Waals surface area contributed by atoms with Crippen molar-refractivity contribution >= 4 is 21.6 Å². The monoisotopic (exact) mass is 461 g/mol. The van der Waals surface area contributed by atoms with Crippen molar-refractivity contribution in [1.82, 2.24) is 9.21 Å². The van der Waals surface area contributed by atoms with Gasteiger partial charge in [0.15, 0.2) is 0 Å². The van der Waals surface area contributed by atoms with Crippen LogP contribution in [0.25, 0.3) is 0 Å². The van der Waals surface area contributed by atoms with E-state index in [4.69, 9.17) is 4.74 Å². The van der Waals surface area contributed by atoms with Gasteiger partial charge in [0, 0.05) is 30.9 Å². The van der Waals surface area contributed by atoms with Crippen molar-refractivity contribution in [3.05, 3.63) is 53.6 Å². The molecule has 1 amide bonds. The molecule has 0 atom stereocenters. The summed E-state index contributed by atoms with van der Waals surface area (Å²) in [5, 5.41) is 2.81. The van der Waals surface area contributed by atoms with Crippen LogP contribution >= 0.6 is 0 Å². The number of amides is 1. The van der Waals surface area contributed by atoms with Gasteiger partial charge in [-0.05, 0) is 55.9 Å². The number of carbonyl (C=O) groups is 1. The summed E-state index contributed by atoms with van der Waals surface area (Å²) in [6, 6.07) is 12.2. The van der Waals surface area contributed by atoms with E-state index in [0.717, 1.165) is 25.2 Å². The third-order valence-corrected chi connectivity index (χ3v) is 7.41. The molecule has 0 radical (unpaired) electrons.